The average Bonchev–Trinajstić information content (AvgIpc) is 3.42. The van der Waals surface area contributed by atoms with Crippen molar-refractivity contribution < 1.29 is 13.5 Å². The van der Waals surface area contributed by atoms with E-state index in [-0.39, 0.29) is 5.25 Å². The molecule has 1 saturated carbocycles. The lowest BCUT2D eigenvalue weighted by molar-refractivity contribution is 0.116. The van der Waals surface area contributed by atoms with Gasteiger partial charge in [-0.15, -0.1) is 0 Å². The molecule has 1 unspecified atom stereocenters. The van der Waals surface area contributed by atoms with Crippen LogP contribution in [0.4, 0.5) is 0 Å². The number of aliphatic hydroxyl groups excluding tert-OH is 1. The summed E-state index contributed by atoms with van der Waals surface area (Å²) in [5.41, 5.74) is 1.35. The Morgan fingerprint density at radius 2 is 1.88 bits per heavy atom. The molecule has 0 spiro atoms. The van der Waals surface area contributed by atoms with Crippen molar-refractivity contribution in [3.05, 3.63) is 35.4 Å². The minimum Gasteiger partial charge on any atom is -0.387 e. The van der Waals surface area contributed by atoms with Crippen LogP contribution in [0.3, 0.4) is 0 Å². The van der Waals surface area contributed by atoms with Gasteiger partial charge < -0.3 is 5.11 Å². The number of nitrogens with zero attached hydrogens (tertiary/aromatic N) is 3. The van der Waals surface area contributed by atoms with E-state index in [1.807, 2.05) is 0 Å². The van der Waals surface area contributed by atoms with Crippen LogP contribution in [0.2, 0.25) is 0 Å². The second-order valence-corrected chi connectivity index (χ2v) is 8.76. The number of aliphatic hydroxyl groups is 1. The minimum absolute atomic E-state index is 0.159. The summed E-state index contributed by atoms with van der Waals surface area (Å²) in [6.45, 7) is 2.97. The smallest absolute Gasteiger partial charge is 0.217 e. The number of rotatable bonds is 5. The minimum atomic E-state index is -3.11. The van der Waals surface area contributed by atoms with Gasteiger partial charge in [0.25, 0.3) is 0 Å². The van der Waals surface area contributed by atoms with E-state index in [0.717, 1.165) is 31.4 Å². The second-order valence-electron chi connectivity index (χ2n) is 6.55. The van der Waals surface area contributed by atoms with Crippen LogP contribution in [-0.2, 0) is 10.0 Å². The summed E-state index contributed by atoms with van der Waals surface area (Å²) in [5.74, 6) is 0. The summed E-state index contributed by atoms with van der Waals surface area (Å²) < 4.78 is 26.3. The summed E-state index contributed by atoms with van der Waals surface area (Å²) in [6, 6.07) is 9.00. The molecule has 1 heterocycles. The van der Waals surface area contributed by atoms with Gasteiger partial charge >= 0.3 is 0 Å². The highest BCUT2D eigenvalue weighted by Gasteiger charge is 2.40. The van der Waals surface area contributed by atoms with Crippen molar-refractivity contribution >= 4 is 10.0 Å². The lowest BCUT2D eigenvalue weighted by atomic mass is 10.1. The molecule has 6 nitrogen and oxygen atoms in total. The fourth-order valence-corrected chi connectivity index (χ4v) is 4.96. The van der Waals surface area contributed by atoms with E-state index in [1.165, 1.54) is 0 Å². The number of hydrogen-bond donors (Lipinski definition) is 1. The molecule has 1 saturated heterocycles. The molecule has 3 rings (SSSR count). The summed E-state index contributed by atoms with van der Waals surface area (Å²) >= 11 is 0. The number of benzene rings is 1. The van der Waals surface area contributed by atoms with E-state index < -0.39 is 16.1 Å². The fourth-order valence-electron chi connectivity index (χ4n) is 3.09. The van der Waals surface area contributed by atoms with E-state index in [9.17, 15) is 13.5 Å². The van der Waals surface area contributed by atoms with E-state index >= 15 is 0 Å². The maximum absolute atomic E-state index is 12.3. The van der Waals surface area contributed by atoms with Crippen LogP contribution < -0.4 is 0 Å². The number of nitriles is 1. The average molecular weight is 349 g/mol. The Morgan fingerprint density at radius 1 is 1.17 bits per heavy atom. The highest BCUT2D eigenvalue weighted by atomic mass is 32.2. The first-order chi connectivity index (χ1) is 11.5. The van der Waals surface area contributed by atoms with Crippen LogP contribution in [0, 0.1) is 11.3 Å². The molecule has 0 amide bonds. The predicted molar refractivity (Wildman–Crippen MR) is 90.7 cm³/mol. The van der Waals surface area contributed by atoms with Crippen LogP contribution in [0.15, 0.2) is 24.3 Å². The number of β-amino-alcohol motifs (C(OH)–C–C–N with tert-alkyl or cyclic N) is 1. The first kappa shape index (κ1) is 17.4. The zero-order valence-electron chi connectivity index (χ0n) is 13.6. The molecule has 130 valence electrons. The molecule has 24 heavy (non-hydrogen) atoms. The lowest BCUT2D eigenvalue weighted by Gasteiger charge is -2.24. The highest BCUT2D eigenvalue weighted by Crippen LogP contribution is 2.31. The van der Waals surface area contributed by atoms with E-state index in [0.29, 0.717) is 31.7 Å². The van der Waals surface area contributed by atoms with Gasteiger partial charge in [0.15, 0.2) is 0 Å². The van der Waals surface area contributed by atoms with Crippen LogP contribution in [0.5, 0.6) is 0 Å². The van der Waals surface area contributed by atoms with Crippen LogP contribution in [-0.4, -0.2) is 60.7 Å². The summed E-state index contributed by atoms with van der Waals surface area (Å²) in [5, 5.41) is 19.1. The standard InChI is InChI=1S/C17H23N3O3S/c18-12-14-2-4-15(5-3-14)17(21)13-19-8-1-9-20(11-10-19)24(22,23)16-6-7-16/h2-5,16-17,21H,1,6-11,13H2. The van der Waals surface area contributed by atoms with Gasteiger partial charge in [-0.2, -0.15) is 5.26 Å². The molecule has 1 atom stereocenters. The molecule has 1 aromatic rings. The van der Waals surface area contributed by atoms with Gasteiger partial charge in [0, 0.05) is 26.2 Å². The van der Waals surface area contributed by atoms with E-state index in [1.54, 1.807) is 28.6 Å². The maximum atomic E-state index is 12.3. The zero-order valence-corrected chi connectivity index (χ0v) is 14.5. The molecule has 2 aliphatic rings. The quantitative estimate of drug-likeness (QED) is 0.860. The Hall–Kier alpha value is -1.46. The fraction of sp³-hybridized carbons (Fsp3) is 0.588. The van der Waals surface area contributed by atoms with E-state index in [4.69, 9.17) is 5.26 Å². The molecule has 2 fully saturated rings. The number of sulfonamides is 1. The SMILES string of the molecule is N#Cc1ccc(C(O)CN2CCCN(S(=O)(=O)C3CC3)CC2)cc1. The first-order valence-electron chi connectivity index (χ1n) is 8.40. The van der Waals surface area contributed by atoms with Gasteiger partial charge in [-0.3, -0.25) is 4.90 Å². The van der Waals surface area contributed by atoms with Gasteiger partial charge in [-0.25, -0.2) is 12.7 Å². The van der Waals surface area contributed by atoms with Crippen LogP contribution in [0.1, 0.15) is 36.5 Å². The zero-order chi connectivity index (χ0) is 17.2. The molecular formula is C17H23N3O3S. The summed E-state index contributed by atoms with van der Waals surface area (Å²) in [4.78, 5) is 2.12. The second kappa shape index (κ2) is 7.19. The Balaban J connectivity index is 1.57. The van der Waals surface area contributed by atoms with Gasteiger partial charge in [-0.1, -0.05) is 12.1 Å². The van der Waals surface area contributed by atoms with Crippen molar-refractivity contribution in [2.24, 2.45) is 0 Å². The number of hydrogen-bond acceptors (Lipinski definition) is 5. The first-order valence-corrected chi connectivity index (χ1v) is 9.90. The van der Waals surface area contributed by atoms with Crippen molar-refractivity contribution in [3.63, 3.8) is 0 Å². The Morgan fingerprint density at radius 3 is 2.50 bits per heavy atom. The third kappa shape index (κ3) is 3.95. The highest BCUT2D eigenvalue weighted by molar-refractivity contribution is 7.90. The van der Waals surface area contributed by atoms with Gasteiger partial charge in [0.1, 0.15) is 0 Å². The Labute approximate surface area is 143 Å². The van der Waals surface area contributed by atoms with Crippen molar-refractivity contribution in [1.82, 2.24) is 9.21 Å². The monoisotopic (exact) mass is 349 g/mol. The largest absolute Gasteiger partial charge is 0.387 e. The van der Waals surface area contributed by atoms with Crippen molar-refractivity contribution in [3.8, 4) is 6.07 Å². The summed E-state index contributed by atoms with van der Waals surface area (Å²) in [6.07, 6.45) is 1.73. The predicted octanol–water partition coefficient (Wildman–Crippen LogP) is 1.09. The van der Waals surface area contributed by atoms with Gasteiger partial charge in [-0.05, 0) is 43.5 Å². The Kier molecular flexibility index (Phi) is 5.21. The molecule has 1 N–H and O–H groups in total. The van der Waals surface area contributed by atoms with Gasteiger partial charge in [0.05, 0.1) is 23.0 Å². The molecule has 1 aliphatic carbocycles. The van der Waals surface area contributed by atoms with E-state index in [2.05, 4.69) is 11.0 Å². The van der Waals surface area contributed by atoms with Crippen LogP contribution in [0.25, 0.3) is 0 Å². The third-order valence-corrected chi connectivity index (χ3v) is 7.11. The molecule has 0 bridgehead atoms. The topological polar surface area (TPSA) is 84.6 Å². The Bertz CT molecular complexity index is 708. The van der Waals surface area contributed by atoms with Crippen LogP contribution >= 0.6 is 0 Å². The summed E-state index contributed by atoms with van der Waals surface area (Å²) in [7, 11) is -3.11. The maximum Gasteiger partial charge on any atom is 0.217 e. The third-order valence-electron chi connectivity index (χ3n) is 4.71. The normalized spacial score (nSPS) is 21.8. The van der Waals surface area contributed by atoms with Crippen molar-refractivity contribution in [2.75, 3.05) is 32.7 Å². The molecule has 7 heteroatoms. The van der Waals surface area contributed by atoms with Crippen molar-refractivity contribution in [2.45, 2.75) is 30.6 Å². The van der Waals surface area contributed by atoms with Gasteiger partial charge in [0.2, 0.25) is 10.0 Å². The molecule has 0 aromatic heterocycles. The molecular weight excluding hydrogens is 326 g/mol. The molecule has 1 aliphatic heterocycles. The lowest BCUT2D eigenvalue weighted by Crippen LogP contribution is -2.37. The molecule has 0 radical (unpaired) electrons. The molecule has 1 aromatic carbocycles. The van der Waals surface area contributed by atoms with Crippen molar-refractivity contribution in [1.29, 1.82) is 5.26 Å².